The summed E-state index contributed by atoms with van der Waals surface area (Å²) in [6.45, 7) is 12.4. The van der Waals surface area contributed by atoms with Crippen LogP contribution in [0.5, 0.6) is 0 Å². The average Bonchev–Trinajstić information content (AvgIpc) is 3.10. The smallest absolute Gasteiger partial charge is 0.231 e. The maximum absolute atomic E-state index is 12.8. The van der Waals surface area contributed by atoms with E-state index in [0.717, 1.165) is 31.4 Å². The van der Waals surface area contributed by atoms with Crippen molar-refractivity contribution in [3.8, 4) is 11.4 Å². The summed E-state index contributed by atoms with van der Waals surface area (Å²) in [7, 11) is 0. The van der Waals surface area contributed by atoms with Crippen LogP contribution in [0, 0.1) is 18.3 Å². The van der Waals surface area contributed by atoms with Gasteiger partial charge in [0.1, 0.15) is 0 Å². The van der Waals surface area contributed by atoms with Crippen LogP contribution >= 0.6 is 0 Å². The molecule has 0 aliphatic carbocycles. The molecule has 1 saturated heterocycles. The molecule has 1 fully saturated rings. The first-order valence-electron chi connectivity index (χ1n) is 10.4. The Morgan fingerprint density at radius 2 is 2.14 bits per heavy atom. The van der Waals surface area contributed by atoms with E-state index in [1.807, 2.05) is 17.0 Å². The number of likely N-dealkylation sites (tertiary alicyclic amines) is 1. The Hall–Kier alpha value is -2.17. The molecule has 5 nitrogen and oxygen atoms in total. The third-order valence-corrected chi connectivity index (χ3v) is 5.33. The van der Waals surface area contributed by atoms with Gasteiger partial charge in [-0.05, 0) is 43.6 Å². The fraction of sp³-hybridized carbons (Fsp3) is 0.609. The second kappa shape index (κ2) is 8.46. The van der Waals surface area contributed by atoms with Gasteiger partial charge < -0.3 is 9.42 Å². The minimum absolute atomic E-state index is 0.127. The monoisotopic (exact) mass is 383 g/mol. The maximum Gasteiger partial charge on any atom is 0.231 e. The van der Waals surface area contributed by atoms with Crippen LogP contribution in [0.3, 0.4) is 0 Å². The topological polar surface area (TPSA) is 59.2 Å². The van der Waals surface area contributed by atoms with Gasteiger partial charge in [-0.1, -0.05) is 56.6 Å². The molecule has 2 atom stereocenters. The highest BCUT2D eigenvalue weighted by atomic mass is 16.5. The van der Waals surface area contributed by atoms with Gasteiger partial charge in [0, 0.05) is 25.1 Å². The van der Waals surface area contributed by atoms with E-state index in [0.29, 0.717) is 30.6 Å². The minimum Gasteiger partial charge on any atom is -0.342 e. The Morgan fingerprint density at radius 3 is 2.86 bits per heavy atom. The maximum atomic E-state index is 12.8. The molecule has 152 valence electrons. The molecule has 2 heterocycles. The lowest BCUT2D eigenvalue weighted by atomic mass is 9.84. The van der Waals surface area contributed by atoms with Crippen molar-refractivity contribution in [3.05, 3.63) is 35.7 Å². The first-order valence-corrected chi connectivity index (χ1v) is 10.4. The first-order chi connectivity index (χ1) is 13.2. The predicted octanol–water partition coefficient (Wildman–Crippen LogP) is 5.21. The van der Waals surface area contributed by atoms with E-state index in [1.54, 1.807) is 0 Å². The van der Waals surface area contributed by atoms with Gasteiger partial charge >= 0.3 is 0 Å². The highest BCUT2D eigenvalue weighted by Crippen LogP contribution is 2.30. The van der Waals surface area contributed by atoms with Crippen molar-refractivity contribution in [1.29, 1.82) is 0 Å². The number of carbonyl (C=O) groups is 1. The van der Waals surface area contributed by atoms with Crippen molar-refractivity contribution in [1.82, 2.24) is 15.0 Å². The number of hydrogen-bond acceptors (Lipinski definition) is 4. The van der Waals surface area contributed by atoms with Crippen molar-refractivity contribution in [3.63, 3.8) is 0 Å². The van der Waals surface area contributed by atoms with E-state index in [1.165, 1.54) is 5.56 Å². The number of piperidine rings is 1. The quantitative estimate of drug-likeness (QED) is 0.711. The second-order valence-electron chi connectivity index (χ2n) is 9.58. The van der Waals surface area contributed by atoms with Gasteiger partial charge in [-0.3, -0.25) is 4.79 Å². The van der Waals surface area contributed by atoms with Crippen LogP contribution in [0.4, 0.5) is 0 Å². The van der Waals surface area contributed by atoms with Crippen LogP contribution in [-0.4, -0.2) is 34.0 Å². The zero-order chi connectivity index (χ0) is 20.3. The number of carbonyl (C=O) groups excluding carboxylic acids is 1. The van der Waals surface area contributed by atoms with Crippen molar-refractivity contribution in [2.24, 2.45) is 11.3 Å². The van der Waals surface area contributed by atoms with E-state index in [9.17, 15) is 4.79 Å². The molecule has 1 amide bonds. The second-order valence-corrected chi connectivity index (χ2v) is 9.58. The zero-order valence-corrected chi connectivity index (χ0v) is 17.9. The Morgan fingerprint density at radius 1 is 1.36 bits per heavy atom. The van der Waals surface area contributed by atoms with Gasteiger partial charge in [0.25, 0.3) is 0 Å². The molecule has 0 bridgehead atoms. The summed E-state index contributed by atoms with van der Waals surface area (Å²) in [6.07, 6.45) is 3.63. The molecule has 0 N–H and O–H groups in total. The lowest BCUT2D eigenvalue weighted by Crippen LogP contribution is -2.40. The van der Waals surface area contributed by atoms with Gasteiger partial charge in [-0.15, -0.1) is 0 Å². The molecular weight excluding hydrogens is 350 g/mol. The van der Waals surface area contributed by atoms with Crippen LogP contribution in [-0.2, 0) is 4.79 Å². The Balaban J connectivity index is 1.63. The standard InChI is InChI=1S/C23H33N3O2/c1-16-8-6-9-18(12-16)21-24-22(28-25-21)19-10-7-11-26(15-19)20(27)13-17(2)14-23(3,4)5/h6,8-9,12,17,19H,7,10-11,13-15H2,1-5H3. The van der Waals surface area contributed by atoms with Crippen molar-refractivity contribution in [2.45, 2.75) is 66.2 Å². The van der Waals surface area contributed by atoms with Crippen molar-refractivity contribution < 1.29 is 9.32 Å². The van der Waals surface area contributed by atoms with E-state index in [-0.39, 0.29) is 17.2 Å². The lowest BCUT2D eigenvalue weighted by molar-refractivity contribution is -0.133. The van der Waals surface area contributed by atoms with Crippen LogP contribution in [0.2, 0.25) is 0 Å². The zero-order valence-electron chi connectivity index (χ0n) is 17.9. The molecule has 1 aliphatic heterocycles. The van der Waals surface area contributed by atoms with Crippen LogP contribution in [0.25, 0.3) is 11.4 Å². The lowest BCUT2D eigenvalue weighted by Gasteiger charge is -2.32. The van der Waals surface area contributed by atoms with Gasteiger partial charge in [-0.2, -0.15) is 4.98 Å². The SMILES string of the molecule is Cc1cccc(-c2noc(C3CCCN(C(=O)CC(C)CC(C)(C)C)C3)n2)c1. The van der Waals surface area contributed by atoms with Gasteiger partial charge in [0.2, 0.25) is 17.6 Å². The first kappa shape index (κ1) is 20.6. The van der Waals surface area contributed by atoms with Gasteiger partial charge in [0.05, 0.1) is 5.92 Å². The largest absolute Gasteiger partial charge is 0.342 e. The molecule has 0 radical (unpaired) electrons. The molecule has 1 aromatic carbocycles. The summed E-state index contributed by atoms with van der Waals surface area (Å²) < 4.78 is 5.57. The number of nitrogens with zero attached hydrogens (tertiary/aromatic N) is 3. The summed E-state index contributed by atoms with van der Waals surface area (Å²) >= 11 is 0. The van der Waals surface area contributed by atoms with Gasteiger partial charge in [0.15, 0.2) is 0 Å². The van der Waals surface area contributed by atoms with E-state index < -0.39 is 0 Å². The number of benzene rings is 1. The Kier molecular flexibility index (Phi) is 6.21. The number of amides is 1. The number of hydrogen-bond donors (Lipinski definition) is 0. The summed E-state index contributed by atoms with van der Waals surface area (Å²) in [5, 5.41) is 4.17. The summed E-state index contributed by atoms with van der Waals surface area (Å²) in [5.41, 5.74) is 2.39. The Labute approximate surface area is 168 Å². The number of aryl methyl sites for hydroxylation is 1. The molecule has 2 unspecified atom stereocenters. The fourth-order valence-electron chi connectivity index (χ4n) is 4.25. The molecule has 1 aromatic heterocycles. The van der Waals surface area contributed by atoms with Gasteiger partial charge in [-0.25, -0.2) is 0 Å². The van der Waals surface area contributed by atoms with Crippen LogP contribution in [0.15, 0.2) is 28.8 Å². The molecule has 0 saturated carbocycles. The highest BCUT2D eigenvalue weighted by molar-refractivity contribution is 5.76. The molecule has 5 heteroatoms. The van der Waals surface area contributed by atoms with Crippen LogP contribution < -0.4 is 0 Å². The van der Waals surface area contributed by atoms with Crippen LogP contribution in [0.1, 0.15) is 70.8 Å². The molecule has 0 spiro atoms. The minimum atomic E-state index is 0.127. The fourth-order valence-corrected chi connectivity index (χ4v) is 4.25. The van der Waals surface area contributed by atoms with Crippen molar-refractivity contribution in [2.75, 3.05) is 13.1 Å². The highest BCUT2D eigenvalue weighted by Gasteiger charge is 2.29. The molecular formula is C23H33N3O2. The normalized spacial score (nSPS) is 18.9. The molecule has 1 aliphatic rings. The summed E-state index contributed by atoms with van der Waals surface area (Å²) in [4.78, 5) is 19.4. The van der Waals surface area contributed by atoms with E-state index >= 15 is 0 Å². The van der Waals surface area contributed by atoms with E-state index in [4.69, 9.17) is 4.52 Å². The third kappa shape index (κ3) is 5.43. The molecule has 2 aromatic rings. The summed E-state index contributed by atoms with van der Waals surface area (Å²) in [5.74, 6) is 2.04. The van der Waals surface area contributed by atoms with E-state index in [2.05, 4.69) is 56.9 Å². The molecule has 28 heavy (non-hydrogen) atoms. The summed E-state index contributed by atoms with van der Waals surface area (Å²) in [6, 6.07) is 8.10. The molecule has 3 rings (SSSR count). The van der Waals surface area contributed by atoms with Crippen molar-refractivity contribution >= 4 is 5.91 Å². The Bertz CT molecular complexity index is 806. The predicted molar refractivity (Wildman–Crippen MR) is 111 cm³/mol. The third-order valence-electron chi connectivity index (χ3n) is 5.33. The number of aromatic nitrogens is 2. The number of rotatable bonds is 5. The average molecular weight is 384 g/mol.